The second-order valence-corrected chi connectivity index (χ2v) is 6.80. The van der Waals surface area contributed by atoms with Crippen molar-refractivity contribution in [2.75, 3.05) is 7.05 Å². The van der Waals surface area contributed by atoms with Gasteiger partial charge in [0.05, 0.1) is 4.91 Å². The fourth-order valence-corrected chi connectivity index (χ4v) is 3.38. The monoisotopic (exact) mass is 358 g/mol. The minimum Gasteiger partial charge on any atom is -0.506 e. The number of hydrogen-bond donors (Lipinski definition) is 1. The average molecular weight is 359 g/mol. The first-order valence-corrected chi connectivity index (χ1v) is 8.45. The van der Waals surface area contributed by atoms with Gasteiger partial charge in [0.15, 0.2) is 5.17 Å². The van der Waals surface area contributed by atoms with E-state index in [0.717, 1.165) is 11.1 Å². The Morgan fingerprint density at radius 3 is 2.71 bits per heavy atom. The number of phenols is 1. The second-order valence-electron chi connectivity index (χ2n) is 5.38. The summed E-state index contributed by atoms with van der Waals surface area (Å²) in [5.41, 5.74) is 2.16. The minimum absolute atomic E-state index is 0.0903. The van der Waals surface area contributed by atoms with Crippen molar-refractivity contribution in [2.45, 2.75) is 6.92 Å². The van der Waals surface area contributed by atoms with E-state index in [1.54, 1.807) is 31.3 Å². The lowest BCUT2D eigenvalue weighted by molar-refractivity contribution is -0.121. The maximum Gasteiger partial charge on any atom is 0.266 e. The van der Waals surface area contributed by atoms with Crippen LogP contribution < -0.4 is 0 Å². The molecule has 1 N–H and O–H groups in total. The van der Waals surface area contributed by atoms with E-state index in [9.17, 15) is 9.90 Å². The van der Waals surface area contributed by atoms with Gasteiger partial charge in [0.25, 0.3) is 5.91 Å². The van der Waals surface area contributed by atoms with Crippen molar-refractivity contribution in [3.63, 3.8) is 0 Å². The number of hydrogen-bond acceptors (Lipinski definition) is 4. The smallest absolute Gasteiger partial charge is 0.266 e. The second kappa shape index (κ2) is 6.71. The van der Waals surface area contributed by atoms with E-state index in [4.69, 9.17) is 11.6 Å². The lowest BCUT2D eigenvalue weighted by Gasteiger charge is -2.08. The number of phenolic OH excluding ortho intramolecular Hbond substituents is 1. The Kier molecular flexibility index (Phi) is 4.64. The van der Waals surface area contributed by atoms with Crippen LogP contribution >= 0.6 is 23.4 Å². The van der Waals surface area contributed by atoms with Crippen LogP contribution in [0.4, 0.5) is 5.69 Å². The van der Waals surface area contributed by atoms with E-state index in [1.165, 1.54) is 16.7 Å². The lowest BCUT2D eigenvalue weighted by Crippen LogP contribution is -2.23. The van der Waals surface area contributed by atoms with Gasteiger partial charge in [0.1, 0.15) is 11.4 Å². The van der Waals surface area contributed by atoms with E-state index in [0.29, 0.717) is 20.8 Å². The number of thioether (sulfide) groups is 1. The molecule has 0 spiro atoms. The molecule has 0 unspecified atom stereocenters. The van der Waals surface area contributed by atoms with Gasteiger partial charge >= 0.3 is 0 Å². The molecule has 2 aromatic rings. The maximum absolute atomic E-state index is 12.4. The molecule has 1 aliphatic rings. The van der Waals surface area contributed by atoms with Crippen molar-refractivity contribution in [3.8, 4) is 5.75 Å². The highest BCUT2D eigenvalue weighted by Crippen LogP contribution is 2.36. The van der Waals surface area contributed by atoms with E-state index in [2.05, 4.69) is 4.99 Å². The van der Waals surface area contributed by atoms with Crippen LogP contribution in [0.1, 0.15) is 11.1 Å². The molecule has 0 aliphatic carbocycles. The van der Waals surface area contributed by atoms with Gasteiger partial charge in [-0.2, -0.15) is 0 Å². The van der Waals surface area contributed by atoms with Crippen molar-refractivity contribution >= 4 is 46.2 Å². The molecule has 122 valence electrons. The Morgan fingerprint density at radius 1 is 1.25 bits per heavy atom. The molecule has 3 rings (SSSR count). The van der Waals surface area contributed by atoms with Crippen LogP contribution in [0.25, 0.3) is 6.08 Å². The summed E-state index contributed by atoms with van der Waals surface area (Å²) >= 11 is 7.40. The number of aryl methyl sites for hydroxylation is 1. The van der Waals surface area contributed by atoms with Crippen LogP contribution in [0.3, 0.4) is 0 Å². The predicted molar refractivity (Wildman–Crippen MR) is 99.7 cm³/mol. The number of aromatic hydroxyl groups is 1. The zero-order valence-corrected chi connectivity index (χ0v) is 14.7. The highest BCUT2D eigenvalue weighted by Gasteiger charge is 2.30. The molecule has 0 bridgehead atoms. The summed E-state index contributed by atoms with van der Waals surface area (Å²) in [5, 5.41) is 11.1. The number of carbonyl (C=O) groups excluding carboxylic acids is 1. The van der Waals surface area contributed by atoms with E-state index < -0.39 is 0 Å². The minimum atomic E-state index is -0.148. The zero-order valence-electron chi connectivity index (χ0n) is 13.2. The van der Waals surface area contributed by atoms with Gasteiger partial charge in [-0.3, -0.25) is 9.69 Å². The first kappa shape index (κ1) is 16.6. The SMILES string of the molecule is Cc1ccc(N=C2S/C(=C\c3ccccc3Cl)C(=O)N2C)c(O)c1. The zero-order chi connectivity index (χ0) is 17.3. The number of nitrogens with zero attached hydrogens (tertiary/aromatic N) is 2. The fourth-order valence-electron chi connectivity index (χ4n) is 2.22. The van der Waals surface area contributed by atoms with Crippen LogP contribution in [-0.4, -0.2) is 28.1 Å². The molecule has 1 aliphatic heterocycles. The normalized spacial score (nSPS) is 18.0. The number of halogens is 1. The van der Waals surface area contributed by atoms with Gasteiger partial charge in [-0.1, -0.05) is 35.9 Å². The van der Waals surface area contributed by atoms with Crippen LogP contribution in [-0.2, 0) is 4.79 Å². The van der Waals surface area contributed by atoms with Gasteiger partial charge in [-0.25, -0.2) is 4.99 Å². The number of benzene rings is 2. The van der Waals surface area contributed by atoms with Crippen LogP contribution in [0, 0.1) is 6.92 Å². The van der Waals surface area contributed by atoms with Crippen LogP contribution in [0.15, 0.2) is 52.4 Å². The van der Waals surface area contributed by atoms with E-state index in [1.807, 2.05) is 31.2 Å². The molecular formula is C18H15ClN2O2S. The molecule has 24 heavy (non-hydrogen) atoms. The fraction of sp³-hybridized carbons (Fsp3) is 0.111. The average Bonchev–Trinajstić information content (AvgIpc) is 2.80. The first-order chi connectivity index (χ1) is 11.5. The van der Waals surface area contributed by atoms with Gasteiger partial charge < -0.3 is 5.11 Å². The van der Waals surface area contributed by atoms with Crippen LogP contribution in [0.5, 0.6) is 5.75 Å². The molecule has 4 nitrogen and oxygen atoms in total. The molecule has 6 heteroatoms. The number of amides is 1. The summed E-state index contributed by atoms with van der Waals surface area (Å²) in [6.45, 7) is 1.89. The Hall–Kier alpha value is -2.24. The van der Waals surface area contributed by atoms with Gasteiger partial charge in [-0.05, 0) is 54.1 Å². The number of carbonyl (C=O) groups is 1. The predicted octanol–water partition coefficient (Wildman–Crippen LogP) is 4.59. The summed E-state index contributed by atoms with van der Waals surface area (Å²) < 4.78 is 0. The number of aliphatic imine (C=N–C) groups is 1. The van der Waals surface area contributed by atoms with Crippen LogP contribution in [0.2, 0.25) is 5.02 Å². The Balaban J connectivity index is 1.94. The highest BCUT2D eigenvalue weighted by atomic mass is 35.5. The molecule has 1 heterocycles. The van der Waals surface area contributed by atoms with Crippen molar-refractivity contribution in [1.82, 2.24) is 4.90 Å². The molecule has 0 saturated carbocycles. The molecule has 1 amide bonds. The van der Waals surface area contributed by atoms with Gasteiger partial charge in [0.2, 0.25) is 0 Å². The quantitative estimate of drug-likeness (QED) is 0.799. The Labute approximate surface area is 149 Å². The molecule has 0 atom stereocenters. The number of likely N-dealkylation sites (N-methyl/N-ethyl adjacent to an activating group) is 1. The summed E-state index contributed by atoms with van der Waals surface area (Å²) in [6, 6.07) is 12.6. The Bertz CT molecular complexity index is 877. The largest absolute Gasteiger partial charge is 0.506 e. The molecule has 2 aromatic carbocycles. The third-order valence-corrected chi connectivity index (χ3v) is 4.95. The molecule has 0 aromatic heterocycles. The topological polar surface area (TPSA) is 52.9 Å². The standard InChI is InChI=1S/C18H15ClN2O2S/c1-11-7-8-14(15(22)9-11)20-18-21(2)17(23)16(24-18)10-12-5-3-4-6-13(12)19/h3-10,22H,1-2H3/b16-10-,20-18?. The van der Waals surface area contributed by atoms with Crippen molar-refractivity contribution in [1.29, 1.82) is 0 Å². The summed E-state index contributed by atoms with van der Waals surface area (Å²) in [7, 11) is 1.66. The molecule has 1 saturated heterocycles. The molecule has 1 fully saturated rings. The summed E-state index contributed by atoms with van der Waals surface area (Å²) in [6.07, 6.45) is 1.75. The highest BCUT2D eigenvalue weighted by molar-refractivity contribution is 8.18. The number of amidine groups is 1. The van der Waals surface area contributed by atoms with E-state index >= 15 is 0 Å². The molecule has 0 radical (unpaired) electrons. The molecular weight excluding hydrogens is 344 g/mol. The van der Waals surface area contributed by atoms with Crippen molar-refractivity contribution in [3.05, 3.63) is 63.5 Å². The third kappa shape index (κ3) is 3.32. The number of rotatable bonds is 2. The maximum atomic E-state index is 12.4. The van der Waals surface area contributed by atoms with Crippen molar-refractivity contribution in [2.24, 2.45) is 4.99 Å². The first-order valence-electron chi connectivity index (χ1n) is 7.26. The van der Waals surface area contributed by atoms with Gasteiger partial charge in [-0.15, -0.1) is 0 Å². The third-order valence-electron chi connectivity index (χ3n) is 3.54. The van der Waals surface area contributed by atoms with Gasteiger partial charge in [0, 0.05) is 12.1 Å². The summed E-state index contributed by atoms with van der Waals surface area (Å²) in [4.78, 5) is 18.8. The lowest BCUT2D eigenvalue weighted by atomic mass is 10.2. The van der Waals surface area contributed by atoms with E-state index in [-0.39, 0.29) is 11.7 Å². The van der Waals surface area contributed by atoms with Crippen molar-refractivity contribution < 1.29 is 9.90 Å². The summed E-state index contributed by atoms with van der Waals surface area (Å²) in [5.74, 6) is -0.0576. The Morgan fingerprint density at radius 2 is 2.00 bits per heavy atom.